The first-order valence-electron chi connectivity index (χ1n) is 17.4. The molecule has 0 saturated heterocycles. The summed E-state index contributed by atoms with van der Waals surface area (Å²) in [6.45, 7) is 14.3. The Morgan fingerprint density at radius 3 is 2.13 bits per heavy atom. The van der Waals surface area contributed by atoms with Gasteiger partial charge in [-0.15, -0.1) is 0 Å². The predicted molar refractivity (Wildman–Crippen MR) is 206 cm³/mol. The summed E-state index contributed by atoms with van der Waals surface area (Å²) >= 11 is 0. The van der Waals surface area contributed by atoms with Crippen LogP contribution in [0.1, 0.15) is 48.6 Å². The zero-order valence-electron chi connectivity index (χ0n) is 28.6. The van der Waals surface area contributed by atoms with E-state index in [1.807, 2.05) is 0 Å². The number of allylic oxidation sites excluding steroid dienone is 4. The van der Waals surface area contributed by atoms with Crippen molar-refractivity contribution in [3.63, 3.8) is 0 Å². The van der Waals surface area contributed by atoms with Crippen molar-refractivity contribution in [3.05, 3.63) is 154 Å². The molecular formula is C46H43B. The second-order valence-electron chi connectivity index (χ2n) is 14.4. The number of benzene rings is 6. The standard InChI is InChI=1S/C46H43B/c1-28-23-30(3)45(31(4)24-28)47(46-32(5)25-29(2)26-33(46)6)42-22-18-36-16-20-40-39(19-15-35-17-21-41(42)44(36)43(35)40)38-14-10-13-37(27-38)34-11-8-7-9-12-34/h7-16,18-20,22-27,30,45H,17,21H2,1-6H3. The Labute approximate surface area is 281 Å². The van der Waals surface area contributed by atoms with Gasteiger partial charge in [0.15, 0.2) is 0 Å². The highest BCUT2D eigenvalue weighted by molar-refractivity contribution is 6.88. The lowest BCUT2D eigenvalue weighted by molar-refractivity contribution is 0.689. The summed E-state index contributed by atoms with van der Waals surface area (Å²) in [4.78, 5) is 0. The van der Waals surface area contributed by atoms with Crippen molar-refractivity contribution in [1.29, 1.82) is 0 Å². The van der Waals surface area contributed by atoms with Crippen LogP contribution in [0.4, 0.5) is 0 Å². The predicted octanol–water partition coefficient (Wildman–Crippen LogP) is 10.9. The lowest BCUT2D eigenvalue weighted by atomic mass is 9.28. The first kappa shape index (κ1) is 29.8. The van der Waals surface area contributed by atoms with Crippen molar-refractivity contribution >= 4 is 39.2 Å². The summed E-state index contributed by atoms with van der Waals surface area (Å²) < 4.78 is 0. The molecule has 0 N–H and O–H groups in total. The Hall–Kier alpha value is -4.62. The smallest absolute Gasteiger partial charge is 0.0788 e. The van der Waals surface area contributed by atoms with Crippen molar-refractivity contribution in [2.75, 3.05) is 0 Å². The molecule has 0 fully saturated rings. The molecule has 0 bridgehead atoms. The Balaban J connectivity index is 1.38. The third-order valence-corrected chi connectivity index (χ3v) is 11.1. The zero-order valence-corrected chi connectivity index (χ0v) is 28.6. The van der Waals surface area contributed by atoms with Gasteiger partial charge in [0, 0.05) is 0 Å². The van der Waals surface area contributed by atoms with Crippen LogP contribution in [-0.4, -0.2) is 6.71 Å². The number of rotatable bonds is 5. The Bertz CT molecular complexity index is 2240. The van der Waals surface area contributed by atoms with Gasteiger partial charge in [-0.1, -0.05) is 155 Å². The molecule has 0 spiro atoms. The van der Waals surface area contributed by atoms with Gasteiger partial charge in [0.25, 0.3) is 0 Å². The largest absolute Gasteiger partial charge is 0.218 e. The average Bonchev–Trinajstić information content (AvgIpc) is 3.06. The fourth-order valence-corrected chi connectivity index (χ4v) is 9.41. The molecule has 2 aliphatic carbocycles. The minimum atomic E-state index is 0.299. The van der Waals surface area contributed by atoms with Gasteiger partial charge in [0.1, 0.15) is 0 Å². The van der Waals surface area contributed by atoms with E-state index in [0.29, 0.717) is 18.4 Å². The molecule has 1 heteroatoms. The van der Waals surface area contributed by atoms with Gasteiger partial charge in [-0.05, 0) is 120 Å². The third-order valence-electron chi connectivity index (χ3n) is 11.1. The highest BCUT2D eigenvalue weighted by atomic mass is 14.3. The molecule has 0 heterocycles. The van der Waals surface area contributed by atoms with Gasteiger partial charge < -0.3 is 0 Å². The SMILES string of the molecule is CC1=CC(C)C(B(c2ccc3ccc4c(-c5cccc(-c6ccccc6)c5)ccc5c4c3c2CC5)c2c(C)cc(C)cc2C)C(C)=C1. The van der Waals surface area contributed by atoms with Crippen LogP contribution in [0.3, 0.4) is 0 Å². The molecule has 47 heavy (non-hydrogen) atoms. The van der Waals surface area contributed by atoms with Gasteiger partial charge in [-0.2, -0.15) is 0 Å². The molecule has 6 aromatic rings. The summed E-state index contributed by atoms with van der Waals surface area (Å²) in [5.74, 6) is 0.878. The molecule has 0 saturated carbocycles. The van der Waals surface area contributed by atoms with Crippen LogP contribution >= 0.6 is 0 Å². The molecule has 0 nitrogen and oxygen atoms in total. The van der Waals surface area contributed by atoms with Gasteiger partial charge in [-0.3, -0.25) is 0 Å². The molecule has 2 unspecified atom stereocenters. The van der Waals surface area contributed by atoms with Gasteiger partial charge in [0.2, 0.25) is 6.71 Å². The van der Waals surface area contributed by atoms with E-state index in [0.717, 1.165) is 12.8 Å². The van der Waals surface area contributed by atoms with Gasteiger partial charge >= 0.3 is 0 Å². The average molecular weight is 607 g/mol. The molecule has 2 aliphatic rings. The summed E-state index contributed by atoms with van der Waals surface area (Å²) in [6, 6.07) is 39.1. The highest BCUT2D eigenvalue weighted by Crippen LogP contribution is 2.42. The monoisotopic (exact) mass is 606 g/mol. The summed E-state index contributed by atoms with van der Waals surface area (Å²) in [6.07, 6.45) is 7.10. The lowest BCUT2D eigenvalue weighted by Gasteiger charge is -2.36. The fourth-order valence-electron chi connectivity index (χ4n) is 9.41. The van der Waals surface area contributed by atoms with Crippen LogP contribution in [0.25, 0.3) is 43.8 Å². The van der Waals surface area contributed by atoms with Crippen LogP contribution in [-0.2, 0) is 12.8 Å². The van der Waals surface area contributed by atoms with Crippen molar-refractivity contribution in [2.24, 2.45) is 5.92 Å². The van der Waals surface area contributed by atoms with Crippen molar-refractivity contribution < 1.29 is 0 Å². The molecule has 0 aliphatic heterocycles. The van der Waals surface area contributed by atoms with E-state index in [4.69, 9.17) is 0 Å². The van der Waals surface area contributed by atoms with Crippen molar-refractivity contribution in [3.8, 4) is 22.3 Å². The van der Waals surface area contributed by atoms with E-state index < -0.39 is 0 Å². The van der Waals surface area contributed by atoms with Gasteiger partial charge in [0.05, 0.1) is 0 Å². The minimum Gasteiger partial charge on any atom is -0.0788 e. The van der Waals surface area contributed by atoms with Crippen molar-refractivity contribution in [1.82, 2.24) is 0 Å². The van der Waals surface area contributed by atoms with E-state index in [1.54, 1.807) is 5.56 Å². The van der Waals surface area contributed by atoms with Crippen LogP contribution in [0.2, 0.25) is 5.82 Å². The fraction of sp³-hybridized carbons (Fsp3) is 0.217. The molecular weight excluding hydrogens is 563 g/mol. The maximum absolute atomic E-state index is 2.50. The number of aryl methyl sites for hydroxylation is 5. The summed E-state index contributed by atoms with van der Waals surface area (Å²) in [5.41, 5.74) is 18.3. The Morgan fingerprint density at radius 2 is 1.36 bits per heavy atom. The lowest BCUT2D eigenvalue weighted by Crippen LogP contribution is -2.52. The number of hydrogen-bond donors (Lipinski definition) is 0. The van der Waals surface area contributed by atoms with Crippen LogP contribution in [0, 0.1) is 26.7 Å². The van der Waals surface area contributed by atoms with E-state index in [2.05, 4.69) is 157 Å². The first-order chi connectivity index (χ1) is 22.8. The maximum atomic E-state index is 2.50. The summed E-state index contributed by atoms with van der Waals surface area (Å²) in [5, 5.41) is 5.68. The Kier molecular flexibility index (Phi) is 7.33. The van der Waals surface area contributed by atoms with E-state index in [1.165, 1.54) is 88.1 Å². The first-order valence-corrected chi connectivity index (χ1v) is 17.4. The topological polar surface area (TPSA) is 0 Å². The quantitative estimate of drug-likeness (QED) is 0.135. The maximum Gasteiger partial charge on any atom is 0.218 e. The molecule has 0 radical (unpaired) electrons. The number of hydrogen-bond acceptors (Lipinski definition) is 0. The van der Waals surface area contributed by atoms with Crippen LogP contribution in [0.5, 0.6) is 0 Å². The van der Waals surface area contributed by atoms with E-state index in [9.17, 15) is 0 Å². The van der Waals surface area contributed by atoms with Gasteiger partial charge in [-0.25, -0.2) is 0 Å². The Morgan fingerprint density at radius 1 is 0.638 bits per heavy atom. The van der Waals surface area contributed by atoms with E-state index >= 15 is 0 Å². The summed E-state index contributed by atoms with van der Waals surface area (Å²) in [7, 11) is 0. The second kappa shape index (κ2) is 11.6. The highest BCUT2D eigenvalue weighted by Gasteiger charge is 2.38. The molecule has 0 aromatic heterocycles. The van der Waals surface area contributed by atoms with E-state index in [-0.39, 0.29) is 0 Å². The van der Waals surface area contributed by atoms with Crippen LogP contribution < -0.4 is 10.9 Å². The molecule has 6 aromatic carbocycles. The molecule has 2 atom stereocenters. The molecule has 8 rings (SSSR count). The van der Waals surface area contributed by atoms with Crippen LogP contribution in [0.15, 0.2) is 126 Å². The normalized spacial score (nSPS) is 17.2. The minimum absolute atomic E-state index is 0.299. The zero-order chi connectivity index (χ0) is 32.4. The van der Waals surface area contributed by atoms with Crippen molar-refractivity contribution in [2.45, 2.75) is 60.2 Å². The molecule has 0 amide bonds. The second-order valence-corrected chi connectivity index (χ2v) is 14.4. The third kappa shape index (κ3) is 4.99. The molecule has 230 valence electrons.